The Morgan fingerprint density at radius 1 is 1.12 bits per heavy atom. The van der Waals surface area contributed by atoms with E-state index in [1.807, 2.05) is 43.3 Å². The number of unbranched alkanes of at least 4 members (excludes halogenated alkanes) is 1. The van der Waals surface area contributed by atoms with Crippen molar-refractivity contribution in [2.45, 2.75) is 58.4 Å². The van der Waals surface area contributed by atoms with Gasteiger partial charge in [0, 0.05) is 18.8 Å². The van der Waals surface area contributed by atoms with E-state index in [4.69, 9.17) is 4.74 Å². The molecule has 5 nitrogen and oxygen atoms in total. The Morgan fingerprint density at radius 2 is 1.91 bits per heavy atom. The van der Waals surface area contributed by atoms with E-state index in [1.165, 1.54) is 11.1 Å². The fraction of sp³-hybridized carbons (Fsp3) is 0.462. The highest BCUT2D eigenvalue weighted by molar-refractivity contribution is 7.99. The van der Waals surface area contributed by atoms with Gasteiger partial charge in [0.15, 0.2) is 0 Å². The van der Waals surface area contributed by atoms with Gasteiger partial charge in [0.25, 0.3) is 0 Å². The van der Waals surface area contributed by atoms with Crippen LogP contribution in [-0.2, 0) is 21.9 Å². The molecule has 0 aliphatic carbocycles. The Kier molecular flexibility index (Phi) is 11.2. The number of hydrogen-bond donors (Lipinski definition) is 1. The quantitative estimate of drug-likeness (QED) is 0.433. The summed E-state index contributed by atoms with van der Waals surface area (Å²) >= 11 is 1.59. The van der Waals surface area contributed by atoms with Crippen molar-refractivity contribution in [3.63, 3.8) is 0 Å². The standard InChI is InChI=1S/C26H36N2O3S/c1-5-7-15-27-26(30)24(6-2)28(17-21-12-10-14-23(16-21)31-4)25(29)19-32-18-22-13-9-8-11-20(22)3/h8-14,16,24H,5-7,15,17-19H2,1-4H3,(H,27,30)/t24-/m0/s1. The van der Waals surface area contributed by atoms with Crippen molar-refractivity contribution in [2.75, 3.05) is 19.4 Å². The first-order valence-corrected chi connectivity index (χ1v) is 12.5. The molecule has 0 bridgehead atoms. The van der Waals surface area contributed by atoms with Gasteiger partial charge >= 0.3 is 0 Å². The molecule has 6 heteroatoms. The summed E-state index contributed by atoms with van der Waals surface area (Å²) in [7, 11) is 1.63. The van der Waals surface area contributed by atoms with Crippen LogP contribution in [0.4, 0.5) is 0 Å². The minimum atomic E-state index is -0.496. The summed E-state index contributed by atoms with van der Waals surface area (Å²) in [4.78, 5) is 27.9. The maximum atomic E-state index is 13.3. The Hall–Kier alpha value is -2.47. The summed E-state index contributed by atoms with van der Waals surface area (Å²) in [6.45, 7) is 7.14. The van der Waals surface area contributed by atoms with Crippen molar-refractivity contribution < 1.29 is 14.3 Å². The first-order chi connectivity index (χ1) is 15.5. The zero-order chi connectivity index (χ0) is 23.3. The molecule has 0 saturated heterocycles. The second-order valence-electron chi connectivity index (χ2n) is 7.86. The molecule has 174 valence electrons. The highest BCUT2D eigenvalue weighted by atomic mass is 32.2. The molecule has 2 rings (SSSR count). The molecule has 2 aromatic rings. The lowest BCUT2D eigenvalue weighted by molar-refractivity contribution is -0.139. The molecule has 0 fully saturated rings. The average molecular weight is 457 g/mol. The maximum Gasteiger partial charge on any atom is 0.242 e. The normalized spacial score (nSPS) is 11.6. The van der Waals surface area contributed by atoms with Crippen LogP contribution >= 0.6 is 11.8 Å². The first kappa shape index (κ1) is 25.8. The molecule has 0 saturated carbocycles. The van der Waals surface area contributed by atoms with E-state index in [-0.39, 0.29) is 11.8 Å². The first-order valence-electron chi connectivity index (χ1n) is 11.3. The molecule has 0 unspecified atom stereocenters. The van der Waals surface area contributed by atoms with Crippen LogP contribution in [-0.4, -0.2) is 42.2 Å². The number of carbonyl (C=O) groups excluding carboxylic acids is 2. The van der Waals surface area contributed by atoms with Crippen molar-refractivity contribution in [3.8, 4) is 5.75 Å². The van der Waals surface area contributed by atoms with Crippen molar-refractivity contribution in [2.24, 2.45) is 0 Å². The summed E-state index contributed by atoms with van der Waals surface area (Å²) in [6.07, 6.45) is 2.51. The Labute approximate surface area is 196 Å². The van der Waals surface area contributed by atoms with E-state index in [0.29, 0.717) is 25.3 Å². The van der Waals surface area contributed by atoms with Crippen LogP contribution in [0.2, 0.25) is 0 Å². The average Bonchev–Trinajstić information content (AvgIpc) is 2.80. The molecule has 1 atom stereocenters. The van der Waals surface area contributed by atoms with Crippen molar-refractivity contribution >= 4 is 23.6 Å². The third-order valence-electron chi connectivity index (χ3n) is 5.45. The number of ether oxygens (including phenoxy) is 1. The summed E-state index contributed by atoms with van der Waals surface area (Å²) in [5, 5.41) is 3.00. The number of hydrogen-bond acceptors (Lipinski definition) is 4. The van der Waals surface area contributed by atoms with E-state index in [2.05, 4.69) is 31.3 Å². The van der Waals surface area contributed by atoms with Crippen molar-refractivity contribution in [1.29, 1.82) is 0 Å². The number of amides is 2. The molecular formula is C26H36N2O3S. The predicted octanol–water partition coefficient (Wildman–Crippen LogP) is 4.96. The molecular weight excluding hydrogens is 420 g/mol. The zero-order valence-electron chi connectivity index (χ0n) is 19.7. The lowest BCUT2D eigenvalue weighted by Crippen LogP contribution is -2.49. The van der Waals surface area contributed by atoms with Gasteiger partial charge in [0.1, 0.15) is 11.8 Å². The van der Waals surface area contributed by atoms with Gasteiger partial charge in [0.05, 0.1) is 12.9 Å². The molecule has 0 aliphatic heterocycles. The lowest BCUT2D eigenvalue weighted by Gasteiger charge is -2.30. The summed E-state index contributed by atoms with van der Waals surface area (Å²) in [5.41, 5.74) is 3.40. The van der Waals surface area contributed by atoms with Crippen LogP contribution < -0.4 is 10.1 Å². The predicted molar refractivity (Wildman–Crippen MR) is 133 cm³/mol. The number of carbonyl (C=O) groups is 2. The van der Waals surface area contributed by atoms with E-state index < -0.39 is 6.04 Å². The van der Waals surface area contributed by atoms with Crippen molar-refractivity contribution in [3.05, 3.63) is 65.2 Å². The topological polar surface area (TPSA) is 58.6 Å². The molecule has 0 radical (unpaired) electrons. The molecule has 1 N–H and O–H groups in total. The van der Waals surface area contributed by atoms with E-state index >= 15 is 0 Å². The monoisotopic (exact) mass is 456 g/mol. The highest BCUT2D eigenvalue weighted by Gasteiger charge is 2.28. The second-order valence-corrected chi connectivity index (χ2v) is 8.85. The van der Waals surface area contributed by atoms with Gasteiger partial charge in [-0.3, -0.25) is 9.59 Å². The van der Waals surface area contributed by atoms with Gasteiger partial charge in [-0.15, -0.1) is 11.8 Å². The molecule has 0 spiro atoms. The van der Waals surface area contributed by atoms with Gasteiger partial charge in [-0.25, -0.2) is 0 Å². The van der Waals surface area contributed by atoms with Crippen molar-refractivity contribution in [1.82, 2.24) is 10.2 Å². The number of methoxy groups -OCH3 is 1. The number of benzene rings is 2. The van der Waals surface area contributed by atoms with Crippen LogP contribution in [0.1, 0.15) is 49.8 Å². The zero-order valence-corrected chi connectivity index (χ0v) is 20.5. The van der Waals surface area contributed by atoms with Gasteiger partial charge in [0.2, 0.25) is 11.8 Å². The molecule has 0 aliphatic rings. The molecule has 32 heavy (non-hydrogen) atoms. The fourth-order valence-corrected chi connectivity index (χ4v) is 4.48. The van der Waals surface area contributed by atoms with E-state index in [0.717, 1.165) is 29.9 Å². The third-order valence-corrected chi connectivity index (χ3v) is 6.41. The minimum absolute atomic E-state index is 0.0242. The SMILES string of the molecule is CCCCNC(=O)[C@H](CC)N(Cc1cccc(OC)c1)C(=O)CSCc1ccccc1C. The molecule has 0 heterocycles. The number of aryl methyl sites for hydroxylation is 1. The fourth-order valence-electron chi connectivity index (χ4n) is 3.50. The Morgan fingerprint density at radius 3 is 2.59 bits per heavy atom. The largest absolute Gasteiger partial charge is 0.497 e. The van der Waals surface area contributed by atoms with Crippen LogP contribution in [0, 0.1) is 6.92 Å². The van der Waals surface area contributed by atoms with Gasteiger partial charge in [-0.2, -0.15) is 0 Å². The highest BCUT2D eigenvalue weighted by Crippen LogP contribution is 2.20. The van der Waals surface area contributed by atoms with Gasteiger partial charge < -0.3 is 15.0 Å². The van der Waals surface area contributed by atoms with Crippen LogP contribution in [0.15, 0.2) is 48.5 Å². The summed E-state index contributed by atoms with van der Waals surface area (Å²) < 4.78 is 5.33. The number of nitrogens with one attached hydrogen (secondary N) is 1. The molecule has 2 aromatic carbocycles. The smallest absolute Gasteiger partial charge is 0.242 e. The van der Waals surface area contributed by atoms with Crippen LogP contribution in [0.5, 0.6) is 5.75 Å². The summed E-state index contributed by atoms with van der Waals surface area (Å²) in [6, 6.07) is 15.4. The lowest BCUT2D eigenvalue weighted by atomic mass is 10.1. The van der Waals surface area contributed by atoms with Crippen LogP contribution in [0.25, 0.3) is 0 Å². The maximum absolute atomic E-state index is 13.3. The van der Waals surface area contributed by atoms with E-state index in [1.54, 1.807) is 23.8 Å². The number of rotatable bonds is 13. The minimum Gasteiger partial charge on any atom is -0.497 e. The Balaban J connectivity index is 2.14. The third kappa shape index (κ3) is 7.90. The van der Waals surface area contributed by atoms with Gasteiger partial charge in [-0.05, 0) is 48.6 Å². The number of nitrogens with zero attached hydrogens (tertiary/aromatic N) is 1. The number of thioether (sulfide) groups is 1. The van der Waals surface area contributed by atoms with E-state index in [9.17, 15) is 9.59 Å². The van der Waals surface area contributed by atoms with Gasteiger partial charge in [-0.1, -0.05) is 56.7 Å². The van der Waals surface area contributed by atoms with Crippen LogP contribution in [0.3, 0.4) is 0 Å². The molecule has 0 aromatic heterocycles. The summed E-state index contributed by atoms with van der Waals surface area (Å²) in [5.74, 6) is 1.73. The second kappa shape index (κ2) is 13.8. The molecule has 2 amide bonds. The Bertz CT molecular complexity index is 872.